The average molecular weight is 447 g/mol. The molecule has 174 valence electrons. The molecule has 0 radical (unpaired) electrons. The number of aliphatic hydroxyl groups excluding tert-OH is 1. The van der Waals surface area contributed by atoms with Crippen LogP contribution >= 0.6 is 0 Å². The minimum atomic E-state index is -0.486. The zero-order chi connectivity index (χ0) is 23.2. The van der Waals surface area contributed by atoms with Gasteiger partial charge in [-0.05, 0) is 55.0 Å². The molecule has 1 aliphatic rings. The molecule has 3 aromatic rings. The van der Waals surface area contributed by atoms with Gasteiger partial charge in [-0.2, -0.15) is 5.10 Å². The quantitative estimate of drug-likeness (QED) is 0.464. The van der Waals surface area contributed by atoms with E-state index >= 15 is 0 Å². The van der Waals surface area contributed by atoms with E-state index in [0.29, 0.717) is 18.2 Å². The number of aliphatic hydroxyl groups is 1. The largest absolute Gasteiger partial charge is 0.387 e. The van der Waals surface area contributed by atoms with Gasteiger partial charge in [0.15, 0.2) is 0 Å². The Labute approximate surface area is 196 Å². The summed E-state index contributed by atoms with van der Waals surface area (Å²) in [6, 6.07) is 20.2. The molecule has 6 heteroatoms. The van der Waals surface area contributed by atoms with Gasteiger partial charge in [0.25, 0.3) is 5.91 Å². The zero-order valence-electron chi connectivity index (χ0n) is 19.5. The summed E-state index contributed by atoms with van der Waals surface area (Å²) in [5.41, 5.74) is 4.83. The SMILES string of the molecule is CCCc1cc(CN(C)C(=O)c2ccc(C[C@@H]3CC[C@H](C(O)c4ccccc4)N3)cc2)[nH]n1. The molecule has 3 N–H and O–H groups in total. The van der Waals surface area contributed by atoms with Crippen LogP contribution in [0.4, 0.5) is 0 Å². The normalized spacial score (nSPS) is 18.9. The van der Waals surface area contributed by atoms with E-state index in [0.717, 1.165) is 49.1 Å². The summed E-state index contributed by atoms with van der Waals surface area (Å²) in [4.78, 5) is 14.6. The summed E-state index contributed by atoms with van der Waals surface area (Å²) in [6.07, 6.45) is 4.38. The summed E-state index contributed by atoms with van der Waals surface area (Å²) in [6.45, 7) is 2.64. The van der Waals surface area contributed by atoms with Crippen molar-refractivity contribution >= 4 is 5.91 Å². The van der Waals surface area contributed by atoms with Crippen LogP contribution in [0.5, 0.6) is 0 Å². The number of rotatable bonds is 9. The number of nitrogens with zero attached hydrogens (tertiary/aromatic N) is 2. The van der Waals surface area contributed by atoms with E-state index in [9.17, 15) is 9.90 Å². The van der Waals surface area contributed by atoms with E-state index in [4.69, 9.17) is 0 Å². The number of aromatic amines is 1. The Hall–Kier alpha value is -2.96. The van der Waals surface area contributed by atoms with Crippen molar-refractivity contribution < 1.29 is 9.90 Å². The Morgan fingerprint density at radius 3 is 2.64 bits per heavy atom. The van der Waals surface area contributed by atoms with Crippen LogP contribution in [0, 0.1) is 0 Å². The molecule has 4 rings (SSSR count). The number of aryl methyl sites for hydroxylation is 1. The highest BCUT2D eigenvalue weighted by molar-refractivity contribution is 5.94. The van der Waals surface area contributed by atoms with Crippen molar-refractivity contribution in [2.75, 3.05) is 7.05 Å². The molecule has 0 saturated carbocycles. The van der Waals surface area contributed by atoms with Gasteiger partial charge in [0.2, 0.25) is 0 Å². The molecule has 2 heterocycles. The van der Waals surface area contributed by atoms with Crippen LogP contribution in [0.2, 0.25) is 0 Å². The van der Waals surface area contributed by atoms with Gasteiger partial charge in [-0.15, -0.1) is 0 Å². The molecule has 0 spiro atoms. The molecule has 0 bridgehead atoms. The Morgan fingerprint density at radius 1 is 1.15 bits per heavy atom. The Balaban J connectivity index is 1.29. The van der Waals surface area contributed by atoms with E-state index < -0.39 is 6.10 Å². The first-order chi connectivity index (χ1) is 16.0. The van der Waals surface area contributed by atoms with Crippen molar-refractivity contribution in [3.8, 4) is 0 Å². The summed E-state index contributed by atoms with van der Waals surface area (Å²) in [5.74, 6) is -0.00164. The van der Waals surface area contributed by atoms with Gasteiger partial charge < -0.3 is 15.3 Å². The van der Waals surface area contributed by atoms with E-state index in [1.165, 1.54) is 5.56 Å². The van der Waals surface area contributed by atoms with Gasteiger partial charge in [0.1, 0.15) is 0 Å². The van der Waals surface area contributed by atoms with Crippen LogP contribution in [0.3, 0.4) is 0 Å². The summed E-state index contributed by atoms with van der Waals surface area (Å²) in [7, 11) is 1.82. The predicted octanol–water partition coefficient (Wildman–Crippen LogP) is 4.03. The first-order valence-electron chi connectivity index (χ1n) is 11.9. The topological polar surface area (TPSA) is 81.3 Å². The third kappa shape index (κ3) is 5.89. The second kappa shape index (κ2) is 10.8. The second-order valence-electron chi connectivity index (χ2n) is 9.10. The Bertz CT molecular complexity index is 1030. The number of amides is 1. The van der Waals surface area contributed by atoms with Crippen molar-refractivity contribution in [2.45, 2.75) is 63.8 Å². The number of carbonyl (C=O) groups is 1. The fourth-order valence-electron chi connectivity index (χ4n) is 4.63. The van der Waals surface area contributed by atoms with Gasteiger partial charge in [-0.25, -0.2) is 0 Å². The maximum absolute atomic E-state index is 12.8. The number of carbonyl (C=O) groups excluding carboxylic acids is 1. The molecule has 6 nitrogen and oxygen atoms in total. The third-order valence-electron chi connectivity index (χ3n) is 6.43. The summed E-state index contributed by atoms with van der Waals surface area (Å²) < 4.78 is 0. The number of H-pyrrole nitrogens is 1. The lowest BCUT2D eigenvalue weighted by molar-refractivity contribution is 0.0783. The van der Waals surface area contributed by atoms with Crippen molar-refractivity contribution in [1.29, 1.82) is 0 Å². The Morgan fingerprint density at radius 2 is 1.91 bits per heavy atom. The first-order valence-corrected chi connectivity index (χ1v) is 11.9. The molecule has 33 heavy (non-hydrogen) atoms. The molecule has 1 fully saturated rings. The lowest BCUT2D eigenvalue weighted by Gasteiger charge is -2.20. The van der Waals surface area contributed by atoms with Crippen LogP contribution < -0.4 is 5.32 Å². The van der Waals surface area contributed by atoms with Gasteiger partial charge >= 0.3 is 0 Å². The molecule has 1 aliphatic heterocycles. The van der Waals surface area contributed by atoms with Crippen LogP contribution in [-0.4, -0.2) is 45.2 Å². The van der Waals surface area contributed by atoms with Crippen molar-refractivity contribution in [2.24, 2.45) is 0 Å². The van der Waals surface area contributed by atoms with E-state index in [1.54, 1.807) is 4.90 Å². The van der Waals surface area contributed by atoms with Crippen molar-refractivity contribution in [3.63, 3.8) is 0 Å². The summed E-state index contributed by atoms with van der Waals surface area (Å²) >= 11 is 0. The van der Waals surface area contributed by atoms with Crippen molar-refractivity contribution in [3.05, 3.63) is 88.7 Å². The minimum absolute atomic E-state index is 0.00164. The first kappa shape index (κ1) is 23.2. The Kier molecular flexibility index (Phi) is 7.57. The number of hydrogen-bond acceptors (Lipinski definition) is 4. The smallest absolute Gasteiger partial charge is 0.253 e. The maximum atomic E-state index is 12.8. The highest BCUT2D eigenvalue weighted by Gasteiger charge is 2.29. The third-order valence-corrected chi connectivity index (χ3v) is 6.43. The zero-order valence-corrected chi connectivity index (χ0v) is 19.5. The molecule has 3 atom stereocenters. The highest BCUT2D eigenvalue weighted by Crippen LogP contribution is 2.26. The second-order valence-corrected chi connectivity index (χ2v) is 9.10. The van der Waals surface area contributed by atoms with Crippen molar-refractivity contribution in [1.82, 2.24) is 20.4 Å². The van der Waals surface area contributed by atoms with E-state index in [1.807, 2.05) is 67.7 Å². The molecule has 1 aromatic heterocycles. The molecular weight excluding hydrogens is 412 g/mol. The van der Waals surface area contributed by atoms with Gasteiger partial charge in [0, 0.05) is 24.7 Å². The fraction of sp³-hybridized carbons (Fsp3) is 0.407. The lowest BCUT2D eigenvalue weighted by Crippen LogP contribution is -2.35. The van der Waals surface area contributed by atoms with Gasteiger partial charge in [0.05, 0.1) is 24.0 Å². The van der Waals surface area contributed by atoms with E-state index in [2.05, 4.69) is 22.4 Å². The van der Waals surface area contributed by atoms with Crippen LogP contribution in [-0.2, 0) is 19.4 Å². The van der Waals surface area contributed by atoms with E-state index in [-0.39, 0.29) is 11.9 Å². The predicted molar refractivity (Wildman–Crippen MR) is 130 cm³/mol. The minimum Gasteiger partial charge on any atom is -0.387 e. The number of aromatic nitrogens is 2. The fourth-order valence-corrected chi connectivity index (χ4v) is 4.63. The number of benzene rings is 2. The van der Waals surface area contributed by atoms with Gasteiger partial charge in [-0.1, -0.05) is 55.8 Å². The van der Waals surface area contributed by atoms with Crippen LogP contribution in [0.25, 0.3) is 0 Å². The maximum Gasteiger partial charge on any atom is 0.253 e. The molecule has 1 unspecified atom stereocenters. The molecule has 2 aromatic carbocycles. The van der Waals surface area contributed by atoms with Crippen LogP contribution in [0.1, 0.15) is 65.2 Å². The molecule has 1 saturated heterocycles. The molecule has 0 aliphatic carbocycles. The standard InChI is InChI=1S/C27H34N4O2/c1-3-7-23-17-24(30-29-23)18-31(2)27(33)21-12-10-19(11-13-21)16-22-14-15-25(28-22)26(32)20-8-5-4-6-9-20/h4-6,8-13,17,22,25-26,28,32H,3,7,14-16,18H2,1-2H3,(H,29,30)/t22-,25+,26?/m0/s1. The van der Waals surface area contributed by atoms with Crippen LogP contribution in [0.15, 0.2) is 60.7 Å². The summed E-state index contributed by atoms with van der Waals surface area (Å²) in [5, 5.41) is 21.6. The monoisotopic (exact) mass is 446 g/mol. The average Bonchev–Trinajstić information content (AvgIpc) is 3.49. The number of hydrogen-bond donors (Lipinski definition) is 3. The molecule has 1 amide bonds. The number of nitrogens with one attached hydrogen (secondary N) is 2. The highest BCUT2D eigenvalue weighted by atomic mass is 16.3. The lowest BCUT2D eigenvalue weighted by atomic mass is 10.0. The molecular formula is C27H34N4O2. The van der Waals surface area contributed by atoms with Gasteiger partial charge in [-0.3, -0.25) is 9.89 Å².